The second kappa shape index (κ2) is 12.4. The highest BCUT2D eigenvalue weighted by Gasteiger charge is 2.23. The van der Waals surface area contributed by atoms with E-state index in [-0.39, 0.29) is 18.2 Å². The summed E-state index contributed by atoms with van der Waals surface area (Å²) in [5, 5.41) is 32.5. The van der Waals surface area contributed by atoms with Crippen LogP contribution in [-0.2, 0) is 4.79 Å². The third kappa shape index (κ3) is 7.13. The van der Waals surface area contributed by atoms with Gasteiger partial charge in [0.2, 0.25) is 5.95 Å². The van der Waals surface area contributed by atoms with Crippen molar-refractivity contribution in [3.63, 3.8) is 0 Å². The molecule has 0 saturated heterocycles. The van der Waals surface area contributed by atoms with E-state index in [0.717, 1.165) is 5.69 Å². The monoisotopic (exact) mass is 531 g/mol. The van der Waals surface area contributed by atoms with Gasteiger partial charge < -0.3 is 25.2 Å². The van der Waals surface area contributed by atoms with Crippen molar-refractivity contribution >= 4 is 23.8 Å². The van der Waals surface area contributed by atoms with Gasteiger partial charge in [0, 0.05) is 36.0 Å². The molecule has 2 aromatic carbocycles. The Labute approximate surface area is 225 Å². The maximum atomic E-state index is 13.7. The number of imidazole rings is 1. The number of para-hydroxylation sites is 1. The molecule has 10 heteroatoms. The lowest BCUT2D eigenvalue weighted by Gasteiger charge is -2.13. The summed E-state index contributed by atoms with van der Waals surface area (Å²) in [4.78, 5) is 24.8. The van der Waals surface area contributed by atoms with E-state index in [2.05, 4.69) is 10.3 Å². The van der Waals surface area contributed by atoms with Crippen LogP contribution in [0.4, 0.5) is 16.0 Å². The molecule has 4 aromatic rings. The Balaban J connectivity index is 1.80. The summed E-state index contributed by atoms with van der Waals surface area (Å²) in [6.45, 7) is 3.95. The minimum atomic E-state index is -1.20. The van der Waals surface area contributed by atoms with Crippen LogP contribution in [0.3, 0.4) is 0 Å². The lowest BCUT2D eigenvalue weighted by molar-refractivity contribution is -0.139. The molecule has 0 amide bonds. The molecule has 2 aromatic heterocycles. The fraction of sp³-hybridized carbons (Fsp3) is 0.241. The molecular weight excluding hydrogens is 501 g/mol. The smallest absolute Gasteiger partial charge is 0.305 e. The Bertz CT molecular complexity index is 1440. The molecule has 4 rings (SSSR count). The van der Waals surface area contributed by atoms with E-state index < -0.39 is 24.6 Å². The number of carboxylic acid groups (broad SMARTS) is 1. The molecular formula is C29H30FN5O4. The van der Waals surface area contributed by atoms with E-state index in [1.165, 1.54) is 18.2 Å². The normalized spacial score (nSPS) is 13.1. The summed E-state index contributed by atoms with van der Waals surface area (Å²) in [5.74, 6) is -0.534. The number of aliphatic hydroxyl groups excluding tert-OH is 2. The van der Waals surface area contributed by atoms with Crippen molar-refractivity contribution in [1.29, 1.82) is 0 Å². The van der Waals surface area contributed by atoms with Gasteiger partial charge in [0.25, 0.3) is 0 Å². The van der Waals surface area contributed by atoms with Crippen molar-refractivity contribution in [1.82, 2.24) is 19.5 Å². The number of carbonyl (C=O) groups is 1. The fourth-order valence-electron chi connectivity index (χ4n) is 4.09. The number of aromatic nitrogens is 4. The van der Waals surface area contributed by atoms with Gasteiger partial charge in [-0.15, -0.1) is 0 Å². The first-order chi connectivity index (χ1) is 18.7. The number of rotatable bonds is 11. The first-order valence-corrected chi connectivity index (χ1v) is 12.5. The quantitative estimate of drug-likeness (QED) is 0.211. The van der Waals surface area contributed by atoms with Gasteiger partial charge in [-0.2, -0.15) is 0 Å². The number of hydrogen-bond acceptors (Lipinski definition) is 7. The number of anilines is 2. The average molecular weight is 532 g/mol. The largest absolute Gasteiger partial charge is 0.481 e. The Morgan fingerprint density at radius 1 is 1.05 bits per heavy atom. The fourth-order valence-corrected chi connectivity index (χ4v) is 4.09. The standard InChI is InChI=1S/C29H30FN5O4/c1-18(2)28-34-26(19-8-10-20(30)11-9-19)27(35(28)15-13-22(36)16-23(37)17-25(38)39)24-12-14-31-29(33-24)32-21-6-4-3-5-7-21/h3-15,18,22-23,36-37H,16-17H2,1-2H3,(H,38,39)(H,31,32,33). The molecule has 0 bridgehead atoms. The van der Waals surface area contributed by atoms with Crippen molar-refractivity contribution < 1.29 is 24.5 Å². The van der Waals surface area contributed by atoms with Gasteiger partial charge in [-0.05, 0) is 48.5 Å². The summed E-state index contributed by atoms with van der Waals surface area (Å²) in [5.41, 5.74) is 3.18. The van der Waals surface area contributed by atoms with Gasteiger partial charge in [0.15, 0.2) is 0 Å². The predicted molar refractivity (Wildman–Crippen MR) is 147 cm³/mol. The molecule has 0 fully saturated rings. The number of nitrogens with one attached hydrogen (secondary N) is 1. The van der Waals surface area contributed by atoms with Crippen molar-refractivity contribution in [2.75, 3.05) is 5.32 Å². The number of nitrogens with zero attached hydrogens (tertiary/aromatic N) is 4. The van der Waals surface area contributed by atoms with Crippen molar-refractivity contribution in [2.45, 2.75) is 44.8 Å². The first-order valence-electron chi connectivity index (χ1n) is 12.5. The molecule has 2 unspecified atom stereocenters. The van der Waals surface area contributed by atoms with Crippen LogP contribution < -0.4 is 5.32 Å². The van der Waals surface area contributed by atoms with E-state index in [1.54, 1.807) is 35.2 Å². The first kappa shape index (κ1) is 27.6. The molecule has 39 heavy (non-hydrogen) atoms. The summed E-state index contributed by atoms with van der Waals surface area (Å²) in [6.07, 6.45) is 1.81. The third-order valence-corrected chi connectivity index (χ3v) is 5.88. The van der Waals surface area contributed by atoms with E-state index in [4.69, 9.17) is 15.1 Å². The molecule has 9 nitrogen and oxygen atoms in total. The Morgan fingerprint density at radius 2 is 1.77 bits per heavy atom. The van der Waals surface area contributed by atoms with Gasteiger partial charge in [0.05, 0.1) is 35.7 Å². The van der Waals surface area contributed by atoms with Crippen LogP contribution in [0.25, 0.3) is 28.8 Å². The summed E-state index contributed by atoms with van der Waals surface area (Å²) >= 11 is 0. The van der Waals surface area contributed by atoms with E-state index in [0.29, 0.717) is 34.4 Å². The molecule has 0 aliphatic carbocycles. The lowest BCUT2D eigenvalue weighted by atomic mass is 10.1. The number of halogens is 1. The number of carboxylic acids is 1. The molecule has 0 saturated carbocycles. The SMILES string of the molecule is CC(C)c1nc(-c2ccc(F)cc2)c(-c2ccnc(Nc3ccccc3)n2)n1C=CC(O)CC(O)CC(=O)O. The number of aliphatic hydroxyl groups is 2. The summed E-state index contributed by atoms with van der Waals surface area (Å²) in [6, 6.07) is 17.2. The molecule has 202 valence electrons. The molecule has 4 N–H and O–H groups in total. The highest BCUT2D eigenvalue weighted by Crippen LogP contribution is 2.35. The minimum Gasteiger partial charge on any atom is -0.481 e. The van der Waals surface area contributed by atoms with Crippen molar-refractivity contribution in [2.24, 2.45) is 0 Å². The molecule has 0 spiro atoms. The van der Waals surface area contributed by atoms with Crippen LogP contribution in [0.2, 0.25) is 0 Å². The van der Waals surface area contributed by atoms with Crippen LogP contribution in [0.5, 0.6) is 0 Å². The Kier molecular flexibility index (Phi) is 8.80. The zero-order valence-corrected chi connectivity index (χ0v) is 21.6. The molecule has 2 heterocycles. The maximum absolute atomic E-state index is 13.7. The van der Waals surface area contributed by atoms with Crippen LogP contribution in [0, 0.1) is 5.82 Å². The van der Waals surface area contributed by atoms with Crippen LogP contribution >= 0.6 is 0 Å². The lowest BCUT2D eigenvalue weighted by Crippen LogP contribution is -2.19. The Hall–Kier alpha value is -4.41. The van der Waals surface area contributed by atoms with Gasteiger partial charge in [-0.25, -0.2) is 19.3 Å². The van der Waals surface area contributed by atoms with Gasteiger partial charge in [-0.3, -0.25) is 4.79 Å². The highest BCUT2D eigenvalue weighted by molar-refractivity contribution is 5.79. The van der Waals surface area contributed by atoms with Gasteiger partial charge in [0.1, 0.15) is 11.6 Å². The van der Waals surface area contributed by atoms with E-state index in [1.807, 2.05) is 44.2 Å². The second-order valence-electron chi connectivity index (χ2n) is 9.35. The molecule has 0 radical (unpaired) electrons. The summed E-state index contributed by atoms with van der Waals surface area (Å²) < 4.78 is 15.5. The van der Waals surface area contributed by atoms with Crippen LogP contribution in [-0.4, -0.2) is 53.0 Å². The maximum Gasteiger partial charge on any atom is 0.305 e. The van der Waals surface area contributed by atoms with Crippen molar-refractivity contribution in [3.05, 3.63) is 84.6 Å². The number of aliphatic carboxylic acids is 1. The topological polar surface area (TPSA) is 133 Å². The van der Waals surface area contributed by atoms with E-state index >= 15 is 0 Å². The molecule has 2 atom stereocenters. The van der Waals surface area contributed by atoms with Gasteiger partial charge >= 0.3 is 5.97 Å². The zero-order valence-electron chi connectivity index (χ0n) is 21.6. The van der Waals surface area contributed by atoms with Gasteiger partial charge in [-0.1, -0.05) is 32.0 Å². The zero-order chi connectivity index (χ0) is 27.9. The Morgan fingerprint density at radius 3 is 2.44 bits per heavy atom. The van der Waals surface area contributed by atoms with Crippen LogP contribution in [0.15, 0.2) is 72.9 Å². The minimum absolute atomic E-state index is 0.0407. The van der Waals surface area contributed by atoms with Crippen molar-refractivity contribution in [3.8, 4) is 22.6 Å². The number of hydrogen-bond donors (Lipinski definition) is 4. The molecule has 0 aliphatic heterocycles. The number of benzene rings is 2. The second-order valence-corrected chi connectivity index (χ2v) is 9.35. The predicted octanol–water partition coefficient (Wildman–Crippen LogP) is 5.07. The molecule has 0 aliphatic rings. The van der Waals surface area contributed by atoms with Crippen LogP contribution in [0.1, 0.15) is 38.4 Å². The summed E-state index contributed by atoms with van der Waals surface area (Å²) in [7, 11) is 0. The third-order valence-electron chi connectivity index (χ3n) is 5.88. The average Bonchev–Trinajstić information content (AvgIpc) is 3.28. The highest BCUT2D eigenvalue weighted by atomic mass is 19.1. The van der Waals surface area contributed by atoms with E-state index in [9.17, 15) is 19.4 Å².